The average Bonchev–Trinajstić information content (AvgIpc) is 3.23. The predicted molar refractivity (Wildman–Crippen MR) is 163 cm³/mol. The number of aliphatic hydroxyl groups excluding tert-OH is 2. The van der Waals surface area contributed by atoms with Gasteiger partial charge in [-0.15, -0.1) is 0 Å². The molecule has 4 N–H and O–H groups in total. The van der Waals surface area contributed by atoms with Crippen LogP contribution in [0.25, 0.3) is 0 Å². The highest BCUT2D eigenvalue weighted by Crippen LogP contribution is 2.46. The van der Waals surface area contributed by atoms with Crippen molar-refractivity contribution in [3.05, 3.63) is 71.3 Å². The molecule has 0 saturated heterocycles. The summed E-state index contributed by atoms with van der Waals surface area (Å²) in [6.45, 7) is 3.49. The number of benzene rings is 2. The van der Waals surface area contributed by atoms with Crippen molar-refractivity contribution in [3.8, 4) is 0 Å². The van der Waals surface area contributed by atoms with Gasteiger partial charge in [0.15, 0.2) is 5.60 Å². The first-order valence-corrected chi connectivity index (χ1v) is 14.9. The van der Waals surface area contributed by atoms with E-state index in [0.717, 1.165) is 11.1 Å². The molecule has 2 aromatic carbocycles. The zero-order valence-corrected chi connectivity index (χ0v) is 25.4. The summed E-state index contributed by atoms with van der Waals surface area (Å²) in [5.74, 6) is -2.48. The molecule has 2 aromatic rings. The van der Waals surface area contributed by atoms with Gasteiger partial charge in [0.05, 0.1) is 25.4 Å². The van der Waals surface area contributed by atoms with E-state index in [-0.39, 0.29) is 49.5 Å². The van der Waals surface area contributed by atoms with E-state index in [1.54, 1.807) is 36.1 Å². The van der Waals surface area contributed by atoms with E-state index in [9.17, 15) is 34.5 Å². The summed E-state index contributed by atoms with van der Waals surface area (Å²) in [7, 11) is 1.32. The minimum absolute atomic E-state index is 0.0157. The molecule has 0 spiro atoms. The van der Waals surface area contributed by atoms with Gasteiger partial charge in [-0.3, -0.25) is 19.2 Å². The summed E-state index contributed by atoms with van der Waals surface area (Å²) in [6, 6.07) is 12.2. The molecule has 0 radical (unpaired) electrons. The quantitative estimate of drug-likeness (QED) is 0.163. The van der Waals surface area contributed by atoms with Crippen LogP contribution in [0.3, 0.4) is 0 Å². The van der Waals surface area contributed by atoms with E-state index in [4.69, 9.17) is 0 Å². The van der Waals surface area contributed by atoms with E-state index in [0.29, 0.717) is 37.2 Å². The maximum atomic E-state index is 13.8. The maximum absolute atomic E-state index is 13.8. The molecule has 0 saturated carbocycles. The minimum Gasteiger partial charge on any atom is -0.469 e. The lowest BCUT2D eigenvalue weighted by Crippen LogP contribution is -2.46. The van der Waals surface area contributed by atoms with E-state index >= 15 is 0 Å². The van der Waals surface area contributed by atoms with Crippen molar-refractivity contribution < 1.29 is 39.2 Å². The largest absolute Gasteiger partial charge is 0.469 e. The Morgan fingerprint density at radius 3 is 2.55 bits per heavy atom. The van der Waals surface area contributed by atoms with Gasteiger partial charge in [-0.1, -0.05) is 43.3 Å². The number of carbonyl (C=O) groups excluding carboxylic acids is 4. The molecule has 0 bridgehead atoms. The van der Waals surface area contributed by atoms with Crippen LogP contribution >= 0.6 is 0 Å². The Kier molecular flexibility index (Phi) is 10.6. The second-order valence-corrected chi connectivity index (χ2v) is 11.4. The monoisotopic (exact) mass is 607 g/mol. The van der Waals surface area contributed by atoms with Crippen LogP contribution in [0.15, 0.2) is 54.6 Å². The lowest BCUT2D eigenvalue weighted by atomic mass is 9.82. The number of esters is 1. The van der Waals surface area contributed by atoms with Crippen LogP contribution in [-0.2, 0) is 42.5 Å². The third-order valence-corrected chi connectivity index (χ3v) is 8.42. The number of rotatable bonds is 12. The van der Waals surface area contributed by atoms with Gasteiger partial charge in [0.1, 0.15) is 6.10 Å². The minimum atomic E-state index is -2.00. The van der Waals surface area contributed by atoms with Crippen molar-refractivity contribution in [2.24, 2.45) is 5.92 Å². The number of hydrogen-bond donors (Lipinski definition) is 4. The molecule has 0 aliphatic carbocycles. The van der Waals surface area contributed by atoms with Gasteiger partial charge in [-0.25, -0.2) is 0 Å². The van der Waals surface area contributed by atoms with Crippen LogP contribution in [0.2, 0.25) is 0 Å². The Morgan fingerprint density at radius 1 is 1.14 bits per heavy atom. The molecule has 3 amide bonds. The molecule has 236 valence electrons. The predicted octanol–water partition coefficient (Wildman–Crippen LogP) is 2.41. The molecular formula is C33H41N3O8. The van der Waals surface area contributed by atoms with Crippen LogP contribution in [0.1, 0.15) is 56.2 Å². The fraction of sp³-hybridized carbons (Fsp3) is 0.455. The first-order valence-electron chi connectivity index (χ1n) is 14.9. The second kappa shape index (κ2) is 14.1. The summed E-state index contributed by atoms with van der Waals surface area (Å²) in [5.41, 5.74) is 1.21. The second-order valence-electron chi connectivity index (χ2n) is 11.4. The van der Waals surface area contributed by atoms with Crippen molar-refractivity contribution in [3.63, 3.8) is 0 Å². The topological polar surface area (TPSA) is 157 Å². The molecule has 0 unspecified atom stereocenters. The van der Waals surface area contributed by atoms with Crippen molar-refractivity contribution in [2.45, 2.75) is 70.2 Å². The van der Waals surface area contributed by atoms with Gasteiger partial charge in [0, 0.05) is 43.1 Å². The van der Waals surface area contributed by atoms with Crippen LogP contribution < -0.4 is 10.2 Å². The third-order valence-electron chi connectivity index (χ3n) is 8.42. The number of unbranched alkanes of at least 4 members (excludes halogenated alkanes) is 1. The van der Waals surface area contributed by atoms with Crippen molar-refractivity contribution >= 4 is 35.1 Å². The summed E-state index contributed by atoms with van der Waals surface area (Å²) < 4.78 is 4.69. The number of amides is 3. The van der Waals surface area contributed by atoms with Crippen molar-refractivity contribution in [1.82, 2.24) is 4.90 Å². The van der Waals surface area contributed by atoms with Gasteiger partial charge in [0.2, 0.25) is 5.91 Å². The number of anilines is 2. The van der Waals surface area contributed by atoms with Crippen molar-refractivity contribution in [2.75, 3.05) is 30.5 Å². The smallest absolute Gasteiger partial charge is 0.305 e. The molecule has 2 aliphatic rings. The first-order chi connectivity index (χ1) is 21.0. The van der Waals surface area contributed by atoms with Gasteiger partial charge >= 0.3 is 5.97 Å². The van der Waals surface area contributed by atoms with Gasteiger partial charge in [-0.2, -0.15) is 0 Å². The van der Waals surface area contributed by atoms with Crippen LogP contribution in [-0.4, -0.2) is 76.3 Å². The molecule has 44 heavy (non-hydrogen) atoms. The van der Waals surface area contributed by atoms with Crippen molar-refractivity contribution in [1.29, 1.82) is 0 Å². The summed E-state index contributed by atoms with van der Waals surface area (Å²) in [4.78, 5) is 53.8. The molecule has 0 aromatic heterocycles. The normalized spacial score (nSPS) is 20.7. The summed E-state index contributed by atoms with van der Waals surface area (Å²) in [5, 5.41) is 34.2. The molecule has 2 aliphatic heterocycles. The fourth-order valence-electron chi connectivity index (χ4n) is 5.81. The summed E-state index contributed by atoms with van der Waals surface area (Å²) in [6.07, 6.45) is 3.76. The standard InChI is InChI=1S/C33H41N3O8/c1-21(9-8-12-29(39)36-19-24-11-5-4-10-23(24)17-26(36)20-37)33(43)27-18-25(34-31(41)22(2)38)14-15-28(27)35(32(33)42)16-7-6-13-30(40)44-3/h4-5,8-11,14-15,18,21-22,26,37-38,43H,6-7,12-13,16-17,19-20H2,1-3H3,(H,34,41)/b9-8+/t21-,22+,26+,33+/m1/s1. The number of hydrogen-bond acceptors (Lipinski definition) is 8. The highest BCUT2D eigenvalue weighted by molar-refractivity contribution is 6.08. The lowest BCUT2D eigenvalue weighted by molar-refractivity contribution is -0.140. The fourth-order valence-corrected chi connectivity index (χ4v) is 5.81. The molecule has 2 heterocycles. The van der Waals surface area contributed by atoms with Gasteiger partial charge in [0.25, 0.3) is 11.8 Å². The molecule has 0 fully saturated rings. The number of nitrogens with zero attached hydrogens (tertiary/aromatic N) is 2. The lowest BCUT2D eigenvalue weighted by Gasteiger charge is -2.36. The summed E-state index contributed by atoms with van der Waals surface area (Å²) >= 11 is 0. The first kappa shape index (κ1) is 32.8. The Hall–Kier alpha value is -4.06. The Labute approximate surface area is 257 Å². The SMILES string of the molecule is COC(=O)CCCCN1C(=O)[C@](O)([C@H](C)/C=C/CC(=O)N2Cc3ccccc3C[C@H]2CO)c2cc(NC(=O)[C@H](C)O)ccc21. The highest BCUT2D eigenvalue weighted by atomic mass is 16.5. The Bertz CT molecular complexity index is 1420. The zero-order chi connectivity index (χ0) is 32.0. The van der Waals surface area contributed by atoms with Gasteiger partial charge < -0.3 is 35.2 Å². The number of methoxy groups -OCH3 is 1. The third kappa shape index (κ3) is 6.85. The average molecular weight is 608 g/mol. The molecule has 11 heteroatoms. The van der Waals surface area contributed by atoms with E-state index in [1.165, 1.54) is 25.0 Å². The van der Waals surface area contributed by atoms with E-state index in [2.05, 4.69) is 10.1 Å². The highest BCUT2D eigenvalue weighted by Gasteiger charge is 2.52. The van der Waals surface area contributed by atoms with Crippen LogP contribution in [0, 0.1) is 5.92 Å². The van der Waals surface area contributed by atoms with E-state index in [1.807, 2.05) is 24.3 Å². The number of ether oxygens (including phenoxy) is 1. The number of carbonyl (C=O) groups is 4. The molecular weight excluding hydrogens is 566 g/mol. The Morgan fingerprint density at radius 2 is 1.86 bits per heavy atom. The molecule has 4 atom stereocenters. The van der Waals surface area contributed by atoms with Crippen LogP contribution in [0.4, 0.5) is 11.4 Å². The Balaban J connectivity index is 1.53. The number of nitrogens with one attached hydrogen (secondary N) is 1. The number of aliphatic hydroxyl groups is 3. The molecule has 4 rings (SSSR count). The number of fused-ring (bicyclic) bond motifs is 2. The van der Waals surface area contributed by atoms with Crippen LogP contribution in [0.5, 0.6) is 0 Å². The zero-order valence-electron chi connectivity index (χ0n) is 25.4. The molecule has 11 nitrogen and oxygen atoms in total. The maximum Gasteiger partial charge on any atom is 0.305 e. The van der Waals surface area contributed by atoms with Gasteiger partial charge in [-0.05, 0) is 55.5 Å². The van der Waals surface area contributed by atoms with E-state index < -0.39 is 29.4 Å².